The van der Waals surface area contributed by atoms with Gasteiger partial charge in [0.1, 0.15) is 17.4 Å². The van der Waals surface area contributed by atoms with Gasteiger partial charge in [0.15, 0.2) is 0 Å². The third kappa shape index (κ3) is 5.33. The van der Waals surface area contributed by atoms with Crippen LogP contribution in [-0.2, 0) is 11.2 Å². The van der Waals surface area contributed by atoms with Gasteiger partial charge >= 0.3 is 0 Å². The lowest BCUT2D eigenvalue weighted by molar-refractivity contribution is -0.117. The molecule has 1 amide bonds. The highest BCUT2D eigenvalue weighted by atomic mass is 16.3. The van der Waals surface area contributed by atoms with Gasteiger partial charge in [-0.1, -0.05) is 42.5 Å². The Kier molecular flexibility index (Phi) is 5.96. The molecule has 2 aromatic rings. The molecule has 0 saturated carbocycles. The second kappa shape index (κ2) is 8.40. The Morgan fingerprint density at radius 2 is 1.83 bits per heavy atom. The molecule has 116 valence electrons. The maximum atomic E-state index is 12.0. The van der Waals surface area contributed by atoms with Crippen molar-refractivity contribution in [1.82, 2.24) is 5.32 Å². The van der Waals surface area contributed by atoms with Gasteiger partial charge in [-0.25, -0.2) is 0 Å². The number of phenolic OH excluding ortho intramolecular Hbond substituents is 1. The van der Waals surface area contributed by atoms with Gasteiger partial charge in [-0.05, 0) is 42.2 Å². The van der Waals surface area contributed by atoms with Crippen LogP contribution in [-0.4, -0.2) is 17.6 Å². The highest BCUT2D eigenvalue weighted by molar-refractivity contribution is 6.01. The first-order chi connectivity index (χ1) is 11.2. The summed E-state index contributed by atoms with van der Waals surface area (Å²) in [5.74, 6) is -0.236. The molecule has 23 heavy (non-hydrogen) atoms. The van der Waals surface area contributed by atoms with Gasteiger partial charge < -0.3 is 10.4 Å². The first-order valence-corrected chi connectivity index (χ1v) is 7.42. The molecule has 0 bridgehead atoms. The highest BCUT2D eigenvalue weighted by Gasteiger charge is 2.08. The van der Waals surface area contributed by atoms with Crippen molar-refractivity contribution in [3.05, 3.63) is 71.3 Å². The normalized spacial score (nSPS) is 10.8. The number of benzene rings is 2. The van der Waals surface area contributed by atoms with Crippen LogP contribution in [0, 0.1) is 11.3 Å². The molecule has 0 fully saturated rings. The van der Waals surface area contributed by atoms with Gasteiger partial charge in [-0.2, -0.15) is 5.26 Å². The van der Waals surface area contributed by atoms with Crippen LogP contribution in [0.5, 0.6) is 5.75 Å². The molecular weight excluding hydrogens is 288 g/mol. The Morgan fingerprint density at radius 1 is 1.13 bits per heavy atom. The Hall–Kier alpha value is -3.06. The number of nitrogens with one attached hydrogen (secondary N) is 1. The number of hydrogen-bond acceptors (Lipinski definition) is 3. The van der Waals surface area contributed by atoms with Crippen molar-refractivity contribution in [1.29, 1.82) is 5.26 Å². The number of rotatable bonds is 6. The van der Waals surface area contributed by atoms with Crippen LogP contribution in [0.4, 0.5) is 0 Å². The minimum atomic E-state index is -0.381. The lowest BCUT2D eigenvalue weighted by atomic mass is 10.1. The average Bonchev–Trinajstić information content (AvgIpc) is 2.59. The molecule has 0 spiro atoms. The molecule has 0 aromatic heterocycles. The van der Waals surface area contributed by atoms with Gasteiger partial charge in [0.05, 0.1) is 0 Å². The predicted molar refractivity (Wildman–Crippen MR) is 89.5 cm³/mol. The Balaban J connectivity index is 1.85. The number of nitrogens with zero attached hydrogens (tertiary/aromatic N) is 1. The molecule has 0 heterocycles. The summed E-state index contributed by atoms with van der Waals surface area (Å²) in [4.78, 5) is 12.0. The summed E-state index contributed by atoms with van der Waals surface area (Å²) in [5, 5.41) is 21.1. The van der Waals surface area contributed by atoms with Crippen molar-refractivity contribution in [2.45, 2.75) is 12.8 Å². The fraction of sp³-hybridized carbons (Fsp3) is 0.158. The van der Waals surface area contributed by atoms with E-state index in [9.17, 15) is 9.90 Å². The van der Waals surface area contributed by atoms with E-state index in [-0.39, 0.29) is 17.2 Å². The topological polar surface area (TPSA) is 73.1 Å². The number of carbonyl (C=O) groups excluding carboxylic acids is 1. The quantitative estimate of drug-likeness (QED) is 0.489. The third-order valence-corrected chi connectivity index (χ3v) is 3.34. The maximum absolute atomic E-state index is 12.0. The van der Waals surface area contributed by atoms with E-state index in [1.807, 2.05) is 36.4 Å². The van der Waals surface area contributed by atoms with E-state index in [1.54, 1.807) is 12.1 Å². The Morgan fingerprint density at radius 3 is 2.48 bits per heavy atom. The van der Waals surface area contributed by atoms with Crippen LogP contribution in [0.2, 0.25) is 0 Å². The van der Waals surface area contributed by atoms with E-state index in [4.69, 9.17) is 5.26 Å². The summed E-state index contributed by atoms with van der Waals surface area (Å²) in [7, 11) is 0. The fourth-order valence-electron chi connectivity index (χ4n) is 2.12. The van der Waals surface area contributed by atoms with Crippen molar-refractivity contribution < 1.29 is 9.90 Å². The summed E-state index contributed by atoms with van der Waals surface area (Å²) < 4.78 is 0. The van der Waals surface area contributed by atoms with Crippen LogP contribution >= 0.6 is 0 Å². The van der Waals surface area contributed by atoms with Crippen LogP contribution in [0.25, 0.3) is 6.08 Å². The fourth-order valence-corrected chi connectivity index (χ4v) is 2.12. The summed E-state index contributed by atoms with van der Waals surface area (Å²) in [6.45, 7) is 0.516. The Labute approximate surface area is 135 Å². The summed E-state index contributed by atoms with van der Waals surface area (Å²) in [6.07, 6.45) is 3.20. The first-order valence-electron chi connectivity index (χ1n) is 7.42. The molecule has 0 saturated heterocycles. The van der Waals surface area contributed by atoms with E-state index in [2.05, 4.69) is 5.32 Å². The molecular formula is C19H18N2O2. The summed E-state index contributed by atoms with van der Waals surface area (Å²) in [5.41, 5.74) is 1.97. The number of aromatic hydroxyl groups is 1. The third-order valence-electron chi connectivity index (χ3n) is 3.34. The molecule has 4 heteroatoms. The standard InChI is InChI=1S/C19H18N2O2/c20-14-17(13-16-8-10-18(22)11-9-16)19(23)21-12-4-7-15-5-2-1-3-6-15/h1-3,5-6,8-11,13,22H,4,7,12H2,(H,21,23)/b17-13-. The number of carbonyl (C=O) groups is 1. The van der Waals surface area contributed by atoms with Crippen LogP contribution < -0.4 is 5.32 Å². The van der Waals surface area contributed by atoms with Crippen molar-refractivity contribution in [2.75, 3.05) is 6.54 Å². The molecule has 0 unspecified atom stereocenters. The number of phenols is 1. The first kappa shape index (κ1) is 16.3. The van der Waals surface area contributed by atoms with E-state index in [0.717, 1.165) is 12.8 Å². The second-order valence-corrected chi connectivity index (χ2v) is 5.11. The second-order valence-electron chi connectivity index (χ2n) is 5.11. The van der Waals surface area contributed by atoms with E-state index >= 15 is 0 Å². The average molecular weight is 306 g/mol. The SMILES string of the molecule is N#C/C(=C/c1ccc(O)cc1)C(=O)NCCCc1ccccc1. The van der Waals surface area contributed by atoms with Gasteiger partial charge in [-0.15, -0.1) is 0 Å². The molecule has 0 aliphatic carbocycles. The van der Waals surface area contributed by atoms with Gasteiger partial charge in [0, 0.05) is 6.54 Å². The summed E-state index contributed by atoms with van der Waals surface area (Å²) in [6, 6.07) is 18.3. The molecule has 0 aliphatic heterocycles. The zero-order valence-corrected chi connectivity index (χ0v) is 12.7. The Bertz CT molecular complexity index is 713. The largest absolute Gasteiger partial charge is 0.508 e. The van der Waals surface area contributed by atoms with Crippen molar-refractivity contribution in [3.63, 3.8) is 0 Å². The van der Waals surface area contributed by atoms with Crippen molar-refractivity contribution in [2.24, 2.45) is 0 Å². The number of aryl methyl sites for hydroxylation is 1. The monoisotopic (exact) mass is 306 g/mol. The van der Waals surface area contributed by atoms with Gasteiger partial charge in [0.2, 0.25) is 0 Å². The van der Waals surface area contributed by atoms with Gasteiger partial charge in [0.25, 0.3) is 5.91 Å². The number of hydrogen-bond donors (Lipinski definition) is 2. The highest BCUT2D eigenvalue weighted by Crippen LogP contribution is 2.12. The molecule has 2 rings (SSSR count). The zero-order valence-electron chi connectivity index (χ0n) is 12.7. The lowest BCUT2D eigenvalue weighted by Gasteiger charge is -2.05. The molecule has 0 aliphatic rings. The van der Waals surface area contributed by atoms with Crippen molar-refractivity contribution in [3.8, 4) is 11.8 Å². The molecule has 0 radical (unpaired) electrons. The molecule has 2 aromatic carbocycles. The van der Waals surface area contributed by atoms with Crippen molar-refractivity contribution >= 4 is 12.0 Å². The predicted octanol–water partition coefficient (Wildman–Crippen LogP) is 3.05. The lowest BCUT2D eigenvalue weighted by Crippen LogP contribution is -2.25. The number of nitriles is 1. The molecule has 0 atom stereocenters. The van der Waals surface area contributed by atoms with E-state index in [0.29, 0.717) is 12.1 Å². The van der Waals surface area contributed by atoms with Gasteiger partial charge in [-0.3, -0.25) is 4.79 Å². The van der Waals surface area contributed by atoms with Crippen LogP contribution in [0.15, 0.2) is 60.2 Å². The zero-order chi connectivity index (χ0) is 16.5. The summed E-state index contributed by atoms with van der Waals surface area (Å²) >= 11 is 0. The molecule has 2 N–H and O–H groups in total. The van der Waals surface area contributed by atoms with Crippen LogP contribution in [0.3, 0.4) is 0 Å². The smallest absolute Gasteiger partial charge is 0.261 e. The maximum Gasteiger partial charge on any atom is 0.261 e. The minimum absolute atomic E-state index is 0.0513. The minimum Gasteiger partial charge on any atom is -0.508 e. The number of amides is 1. The van der Waals surface area contributed by atoms with E-state index < -0.39 is 0 Å². The molecule has 4 nitrogen and oxygen atoms in total. The van der Waals surface area contributed by atoms with Crippen LogP contribution in [0.1, 0.15) is 17.5 Å². The van der Waals surface area contributed by atoms with E-state index in [1.165, 1.54) is 23.8 Å².